The standard InChI is InChI=1S/C13H23N3O3S/c1-3-16-8-4-5-11(16)10-15(2)20(17,18)13-7-6-12(9-14)19-13/h6-7,11H,3-5,8-10,14H2,1-2H3. The largest absolute Gasteiger partial charge is 0.447 e. The number of hydrogen-bond acceptors (Lipinski definition) is 5. The van der Waals surface area contributed by atoms with Gasteiger partial charge in [-0.05, 0) is 38.1 Å². The quantitative estimate of drug-likeness (QED) is 0.842. The van der Waals surface area contributed by atoms with Gasteiger partial charge in [0.1, 0.15) is 5.76 Å². The van der Waals surface area contributed by atoms with Crippen LogP contribution in [0.3, 0.4) is 0 Å². The first-order valence-corrected chi connectivity index (χ1v) is 8.42. The highest BCUT2D eigenvalue weighted by molar-refractivity contribution is 7.89. The number of hydrogen-bond donors (Lipinski definition) is 1. The summed E-state index contributed by atoms with van der Waals surface area (Å²) in [5, 5.41) is -0.0264. The first-order chi connectivity index (χ1) is 9.48. The van der Waals surface area contributed by atoms with E-state index in [0.29, 0.717) is 18.3 Å². The highest BCUT2D eigenvalue weighted by Crippen LogP contribution is 2.22. The fraction of sp³-hybridized carbons (Fsp3) is 0.692. The molecule has 7 heteroatoms. The molecule has 114 valence electrons. The van der Waals surface area contributed by atoms with Crippen molar-refractivity contribution in [3.63, 3.8) is 0 Å². The molecule has 1 aromatic rings. The lowest BCUT2D eigenvalue weighted by molar-refractivity contribution is 0.236. The Morgan fingerprint density at radius 1 is 1.50 bits per heavy atom. The molecule has 0 bridgehead atoms. The molecule has 0 spiro atoms. The minimum atomic E-state index is -3.56. The number of likely N-dealkylation sites (N-methyl/N-ethyl adjacent to an activating group) is 2. The van der Waals surface area contributed by atoms with Crippen LogP contribution in [0, 0.1) is 0 Å². The highest BCUT2D eigenvalue weighted by Gasteiger charge is 2.30. The van der Waals surface area contributed by atoms with E-state index in [1.807, 2.05) is 0 Å². The highest BCUT2D eigenvalue weighted by atomic mass is 32.2. The van der Waals surface area contributed by atoms with Gasteiger partial charge in [-0.3, -0.25) is 4.90 Å². The van der Waals surface area contributed by atoms with Crippen LogP contribution in [-0.2, 0) is 16.6 Å². The molecule has 0 saturated carbocycles. The summed E-state index contributed by atoms with van der Waals surface area (Å²) in [5.41, 5.74) is 5.44. The van der Waals surface area contributed by atoms with Gasteiger partial charge < -0.3 is 10.2 Å². The van der Waals surface area contributed by atoms with Crippen molar-refractivity contribution in [2.75, 3.05) is 26.7 Å². The van der Waals surface area contributed by atoms with Crippen molar-refractivity contribution in [1.82, 2.24) is 9.21 Å². The molecule has 2 N–H and O–H groups in total. The molecule has 1 aliphatic rings. The SMILES string of the molecule is CCN1CCCC1CN(C)S(=O)(=O)c1ccc(CN)o1. The third-order valence-corrected chi connectivity index (χ3v) is 5.57. The van der Waals surface area contributed by atoms with E-state index in [1.165, 1.54) is 10.4 Å². The first kappa shape index (κ1) is 15.5. The third kappa shape index (κ3) is 3.06. The normalized spacial score (nSPS) is 20.9. The Bertz CT molecular complexity index is 541. The molecule has 1 atom stereocenters. The molecule has 0 aliphatic carbocycles. The van der Waals surface area contributed by atoms with E-state index in [0.717, 1.165) is 25.9 Å². The minimum absolute atomic E-state index is 0.0264. The van der Waals surface area contributed by atoms with Gasteiger partial charge in [-0.25, -0.2) is 8.42 Å². The maximum atomic E-state index is 12.4. The molecule has 1 aliphatic heterocycles. The molecule has 0 aromatic carbocycles. The Hall–Kier alpha value is -0.890. The fourth-order valence-corrected chi connectivity index (χ4v) is 3.80. The maximum Gasteiger partial charge on any atom is 0.276 e. The van der Waals surface area contributed by atoms with E-state index >= 15 is 0 Å². The molecular formula is C13H23N3O3S. The lowest BCUT2D eigenvalue weighted by Crippen LogP contribution is -2.41. The summed E-state index contributed by atoms with van der Waals surface area (Å²) < 4.78 is 31.5. The first-order valence-electron chi connectivity index (χ1n) is 6.98. The van der Waals surface area contributed by atoms with Gasteiger partial charge in [0.15, 0.2) is 0 Å². The van der Waals surface area contributed by atoms with Crippen molar-refractivity contribution in [2.24, 2.45) is 5.73 Å². The topological polar surface area (TPSA) is 79.8 Å². The zero-order chi connectivity index (χ0) is 14.8. The van der Waals surface area contributed by atoms with E-state index in [1.54, 1.807) is 13.1 Å². The van der Waals surface area contributed by atoms with Crippen molar-refractivity contribution in [1.29, 1.82) is 0 Å². The summed E-state index contributed by atoms with van der Waals surface area (Å²) in [6, 6.07) is 3.37. The predicted octanol–water partition coefficient (Wildman–Crippen LogP) is 0.843. The lowest BCUT2D eigenvalue weighted by atomic mass is 10.2. The number of rotatable bonds is 6. The molecule has 2 heterocycles. The van der Waals surface area contributed by atoms with Crippen LogP contribution in [0.25, 0.3) is 0 Å². The van der Waals surface area contributed by atoms with E-state index in [2.05, 4.69) is 11.8 Å². The van der Waals surface area contributed by atoms with Crippen molar-refractivity contribution in [3.8, 4) is 0 Å². The van der Waals surface area contributed by atoms with Crippen LogP contribution in [0.4, 0.5) is 0 Å². The second-order valence-corrected chi connectivity index (χ2v) is 7.11. The van der Waals surface area contributed by atoms with Crippen molar-refractivity contribution < 1.29 is 12.8 Å². The zero-order valence-electron chi connectivity index (χ0n) is 12.1. The minimum Gasteiger partial charge on any atom is -0.447 e. The number of furan rings is 1. The molecular weight excluding hydrogens is 278 g/mol. The number of sulfonamides is 1. The average molecular weight is 301 g/mol. The van der Waals surface area contributed by atoms with Crippen molar-refractivity contribution in [3.05, 3.63) is 17.9 Å². The lowest BCUT2D eigenvalue weighted by Gasteiger charge is -2.26. The van der Waals surface area contributed by atoms with Gasteiger partial charge in [-0.2, -0.15) is 4.31 Å². The van der Waals surface area contributed by atoms with Crippen molar-refractivity contribution >= 4 is 10.0 Å². The molecule has 20 heavy (non-hydrogen) atoms. The molecule has 0 radical (unpaired) electrons. The Labute approximate surface area is 120 Å². The van der Waals surface area contributed by atoms with Crippen LogP contribution in [0.1, 0.15) is 25.5 Å². The van der Waals surface area contributed by atoms with Crippen molar-refractivity contribution in [2.45, 2.75) is 37.4 Å². The van der Waals surface area contributed by atoms with Crippen LogP contribution in [0.5, 0.6) is 0 Å². The van der Waals surface area contributed by atoms with E-state index in [-0.39, 0.29) is 11.6 Å². The Kier molecular flexibility index (Phi) is 4.85. The Morgan fingerprint density at radius 2 is 2.25 bits per heavy atom. The summed E-state index contributed by atoms with van der Waals surface area (Å²) >= 11 is 0. The number of nitrogens with two attached hydrogens (primary N) is 1. The van der Waals surface area contributed by atoms with Gasteiger partial charge in [-0.1, -0.05) is 6.92 Å². The smallest absolute Gasteiger partial charge is 0.276 e. The molecule has 1 aromatic heterocycles. The van der Waals surface area contributed by atoms with Crippen LogP contribution >= 0.6 is 0 Å². The van der Waals surface area contributed by atoms with Gasteiger partial charge in [-0.15, -0.1) is 0 Å². The van der Waals surface area contributed by atoms with Crippen LogP contribution in [0.2, 0.25) is 0 Å². The second-order valence-electron chi connectivity index (χ2n) is 5.14. The third-order valence-electron chi connectivity index (χ3n) is 3.88. The summed E-state index contributed by atoms with van der Waals surface area (Å²) in [6.45, 7) is 4.80. The summed E-state index contributed by atoms with van der Waals surface area (Å²) in [5.74, 6) is 0.480. The second kappa shape index (κ2) is 6.26. The van der Waals surface area contributed by atoms with Crippen LogP contribution < -0.4 is 5.73 Å². The monoisotopic (exact) mass is 301 g/mol. The van der Waals surface area contributed by atoms with E-state index < -0.39 is 10.0 Å². The molecule has 1 saturated heterocycles. The summed E-state index contributed by atoms with van der Waals surface area (Å²) in [6.07, 6.45) is 2.17. The summed E-state index contributed by atoms with van der Waals surface area (Å²) in [4.78, 5) is 2.32. The van der Waals surface area contributed by atoms with Gasteiger partial charge in [0.05, 0.1) is 6.54 Å². The number of nitrogens with zero attached hydrogens (tertiary/aromatic N) is 2. The van der Waals surface area contributed by atoms with Gasteiger partial charge in [0.25, 0.3) is 10.0 Å². The summed E-state index contributed by atoms with van der Waals surface area (Å²) in [7, 11) is -1.96. The maximum absolute atomic E-state index is 12.4. The average Bonchev–Trinajstić information content (AvgIpc) is 3.07. The Morgan fingerprint density at radius 3 is 2.85 bits per heavy atom. The Balaban J connectivity index is 2.09. The molecule has 1 fully saturated rings. The molecule has 2 rings (SSSR count). The molecule has 0 amide bonds. The van der Waals surface area contributed by atoms with E-state index in [9.17, 15) is 8.42 Å². The predicted molar refractivity (Wildman–Crippen MR) is 76.7 cm³/mol. The van der Waals surface area contributed by atoms with Gasteiger partial charge in [0.2, 0.25) is 5.09 Å². The van der Waals surface area contributed by atoms with Crippen LogP contribution in [-0.4, -0.2) is 50.3 Å². The number of likely N-dealkylation sites (tertiary alicyclic amines) is 1. The zero-order valence-corrected chi connectivity index (χ0v) is 12.9. The fourth-order valence-electron chi connectivity index (χ4n) is 2.67. The molecule has 1 unspecified atom stereocenters. The van der Waals surface area contributed by atoms with E-state index in [4.69, 9.17) is 10.2 Å². The molecule has 6 nitrogen and oxygen atoms in total. The van der Waals surface area contributed by atoms with Gasteiger partial charge in [0, 0.05) is 19.6 Å². The van der Waals surface area contributed by atoms with Crippen LogP contribution in [0.15, 0.2) is 21.6 Å². The van der Waals surface area contributed by atoms with Gasteiger partial charge >= 0.3 is 0 Å².